The van der Waals surface area contributed by atoms with Gasteiger partial charge in [-0.2, -0.15) is 0 Å². The van der Waals surface area contributed by atoms with E-state index < -0.39 is 0 Å². The van der Waals surface area contributed by atoms with Gasteiger partial charge in [0, 0.05) is 29.5 Å². The first-order chi connectivity index (χ1) is 13.2. The summed E-state index contributed by atoms with van der Waals surface area (Å²) in [7, 11) is 0. The van der Waals surface area contributed by atoms with Crippen LogP contribution in [0.4, 0.5) is 0 Å². The van der Waals surface area contributed by atoms with Crippen LogP contribution in [0.2, 0.25) is 0 Å². The number of hydrogen-bond donors (Lipinski definition) is 1. The standard InChI is InChI=1S/C23H25NO3/c25-15-23(13-16-4-2-1-3-5-16)14-19-7-9-21(23)24(19)22(26)18-6-8-20-17(12-18)10-11-27-20/h1-6,8,12,19,21,25H,7,9-11,13-15H2/t19-,21+,23-/m0/s1. The number of hydrogen-bond acceptors (Lipinski definition) is 3. The number of aliphatic hydroxyl groups excluding tert-OH is 1. The summed E-state index contributed by atoms with van der Waals surface area (Å²) in [6.45, 7) is 0.831. The van der Waals surface area contributed by atoms with E-state index in [-0.39, 0.29) is 30.0 Å². The van der Waals surface area contributed by atoms with Crippen molar-refractivity contribution in [1.82, 2.24) is 4.90 Å². The zero-order valence-electron chi connectivity index (χ0n) is 15.4. The van der Waals surface area contributed by atoms with Crippen LogP contribution >= 0.6 is 0 Å². The van der Waals surface area contributed by atoms with Gasteiger partial charge in [0.15, 0.2) is 0 Å². The summed E-state index contributed by atoms with van der Waals surface area (Å²) in [6.07, 6.45) is 4.62. The van der Waals surface area contributed by atoms with Crippen LogP contribution in [0.5, 0.6) is 5.75 Å². The molecule has 2 aromatic rings. The van der Waals surface area contributed by atoms with Crippen LogP contribution in [0, 0.1) is 5.41 Å². The van der Waals surface area contributed by atoms with Crippen LogP contribution in [0.15, 0.2) is 48.5 Å². The van der Waals surface area contributed by atoms with E-state index >= 15 is 0 Å². The van der Waals surface area contributed by atoms with Gasteiger partial charge in [-0.15, -0.1) is 0 Å². The second-order valence-electron chi connectivity index (χ2n) is 8.27. The van der Waals surface area contributed by atoms with E-state index in [0.717, 1.165) is 49.0 Å². The number of nitrogens with zero attached hydrogens (tertiary/aromatic N) is 1. The lowest BCUT2D eigenvalue weighted by Gasteiger charge is -2.36. The van der Waals surface area contributed by atoms with Gasteiger partial charge < -0.3 is 14.7 Å². The Balaban J connectivity index is 1.43. The van der Waals surface area contributed by atoms with Gasteiger partial charge >= 0.3 is 0 Å². The van der Waals surface area contributed by atoms with Crippen molar-refractivity contribution in [3.05, 3.63) is 65.2 Å². The molecular weight excluding hydrogens is 338 g/mol. The van der Waals surface area contributed by atoms with Crippen molar-refractivity contribution in [2.45, 2.75) is 44.2 Å². The quantitative estimate of drug-likeness (QED) is 0.907. The highest BCUT2D eigenvalue weighted by Gasteiger charge is 2.57. The summed E-state index contributed by atoms with van der Waals surface area (Å²) in [5, 5.41) is 10.3. The smallest absolute Gasteiger partial charge is 0.254 e. The van der Waals surface area contributed by atoms with Crippen molar-refractivity contribution in [2.24, 2.45) is 5.41 Å². The van der Waals surface area contributed by atoms with Gasteiger partial charge in [-0.1, -0.05) is 30.3 Å². The molecule has 2 aromatic carbocycles. The van der Waals surface area contributed by atoms with E-state index in [0.29, 0.717) is 6.61 Å². The van der Waals surface area contributed by atoms with Gasteiger partial charge in [-0.05, 0) is 55.0 Å². The average molecular weight is 363 g/mol. The Kier molecular flexibility index (Phi) is 3.97. The Morgan fingerprint density at radius 1 is 1.19 bits per heavy atom. The normalized spacial score (nSPS) is 28.3. The Hall–Kier alpha value is -2.33. The molecular formula is C23H25NO3. The van der Waals surface area contributed by atoms with Gasteiger partial charge in [-0.25, -0.2) is 0 Å². The number of ether oxygens (including phenoxy) is 1. The molecule has 2 bridgehead atoms. The van der Waals surface area contributed by atoms with E-state index in [2.05, 4.69) is 17.0 Å². The number of benzene rings is 2. The highest BCUT2D eigenvalue weighted by Crippen LogP contribution is 2.51. The maximum atomic E-state index is 13.4. The highest BCUT2D eigenvalue weighted by molar-refractivity contribution is 5.95. The fraction of sp³-hybridized carbons (Fsp3) is 0.435. The molecule has 1 N–H and O–H groups in total. The molecule has 3 aliphatic rings. The van der Waals surface area contributed by atoms with Crippen molar-refractivity contribution in [3.8, 4) is 5.75 Å². The van der Waals surface area contributed by atoms with Crippen molar-refractivity contribution in [3.63, 3.8) is 0 Å². The summed E-state index contributed by atoms with van der Waals surface area (Å²) in [4.78, 5) is 15.4. The molecule has 27 heavy (non-hydrogen) atoms. The fourth-order valence-electron chi connectivity index (χ4n) is 5.48. The number of carbonyl (C=O) groups is 1. The average Bonchev–Trinajstić information content (AvgIpc) is 3.41. The van der Waals surface area contributed by atoms with Gasteiger partial charge in [0.2, 0.25) is 0 Å². The topological polar surface area (TPSA) is 49.8 Å². The van der Waals surface area contributed by atoms with Crippen LogP contribution < -0.4 is 4.74 Å². The Morgan fingerprint density at radius 2 is 2.04 bits per heavy atom. The third-order valence-corrected chi connectivity index (χ3v) is 6.74. The van der Waals surface area contributed by atoms with Gasteiger partial charge in [0.1, 0.15) is 5.75 Å². The second kappa shape index (κ2) is 6.38. The predicted molar refractivity (Wildman–Crippen MR) is 103 cm³/mol. The number of carbonyl (C=O) groups excluding carboxylic acids is 1. The van der Waals surface area contributed by atoms with Crippen molar-refractivity contribution >= 4 is 5.91 Å². The molecule has 140 valence electrons. The Labute approximate surface area is 159 Å². The first kappa shape index (κ1) is 16.8. The van der Waals surface area contributed by atoms with Gasteiger partial charge in [0.25, 0.3) is 5.91 Å². The van der Waals surface area contributed by atoms with E-state index in [4.69, 9.17) is 4.74 Å². The number of aliphatic hydroxyl groups is 1. The van der Waals surface area contributed by atoms with Crippen molar-refractivity contribution in [1.29, 1.82) is 0 Å². The van der Waals surface area contributed by atoms with Crippen LogP contribution in [-0.4, -0.2) is 41.2 Å². The van der Waals surface area contributed by atoms with Crippen molar-refractivity contribution in [2.75, 3.05) is 13.2 Å². The lowest BCUT2D eigenvalue weighted by Crippen LogP contribution is -2.43. The Morgan fingerprint density at radius 3 is 2.85 bits per heavy atom. The second-order valence-corrected chi connectivity index (χ2v) is 8.27. The highest BCUT2D eigenvalue weighted by atomic mass is 16.5. The number of rotatable bonds is 4. The van der Waals surface area contributed by atoms with E-state index in [9.17, 15) is 9.90 Å². The molecule has 2 fully saturated rings. The van der Waals surface area contributed by atoms with Crippen LogP contribution in [-0.2, 0) is 12.8 Å². The summed E-state index contributed by atoms with van der Waals surface area (Å²) in [6, 6.07) is 16.5. The number of amides is 1. The number of fused-ring (bicyclic) bond motifs is 3. The third-order valence-electron chi connectivity index (χ3n) is 6.74. The first-order valence-corrected chi connectivity index (χ1v) is 9.93. The molecule has 0 saturated carbocycles. The van der Waals surface area contributed by atoms with Gasteiger partial charge in [0.05, 0.1) is 13.2 Å². The summed E-state index contributed by atoms with van der Waals surface area (Å²) >= 11 is 0. The molecule has 0 radical (unpaired) electrons. The molecule has 0 spiro atoms. The summed E-state index contributed by atoms with van der Waals surface area (Å²) < 4.78 is 5.57. The molecule has 3 aliphatic heterocycles. The van der Waals surface area contributed by atoms with Crippen LogP contribution in [0.3, 0.4) is 0 Å². The maximum absolute atomic E-state index is 13.4. The molecule has 2 saturated heterocycles. The minimum Gasteiger partial charge on any atom is -0.493 e. The predicted octanol–water partition coefficient (Wildman–Crippen LogP) is 3.22. The fourth-order valence-corrected chi connectivity index (χ4v) is 5.48. The molecule has 4 heteroatoms. The minimum atomic E-state index is -0.222. The molecule has 0 aliphatic carbocycles. The van der Waals surface area contributed by atoms with Crippen LogP contribution in [0.1, 0.15) is 40.7 Å². The van der Waals surface area contributed by atoms with Crippen LogP contribution in [0.25, 0.3) is 0 Å². The van der Waals surface area contributed by atoms with E-state index in [1.807, 2.05) is 36.4 Å². The molecule has 1 amide bonds. The van der Waals surface area contributed by atoms with E-state index in [1.54, 1.807) is 0 Å². The lowest BCUT2D eigenvalue weighted by molar-refractivity contribution is 0.0571. The first-order valence-electron chi connectivity index (χ1n) is 9.93. The zero-order chi connectivity index (χ0) is 18.4. The maximum Gasteiger partial charge on any atom is 0.254 e. The van der Waals surface area contributed by atoms with Gasteiger partial charge in [-0.3, -0.25) is 4.79 Å². The van der Waals surface area contributed by atoms with E-state index in [1.165, 1.54) is 5.56 Å². The lowest BCUT2D eigenvalue weighted by atomic mass is 9.70. The monoisotopic (exact) mass is 363 g/mol. The molecule has 0 unspecified atom stereocenters. The molecule has 4 nitrogen and oxygen atoms in total. The SMILES string of the molecule is O=C(c1ccc2c(c1)CCO2)N1[C@H]2CC[C@@H]1[C@@](CO)(Cc1ccccc1)C2. The third kappa shape index (κ3) is 2.66. The van der Waals surface area contributed by atoms with Crippen molar-refractivity contribution < 1.29 is 14.6 Å². The molecule has 0 aromatic heterocycles. The molecule has 3 atom stereocenters. The Bertz CT molecular complexity index is 865. The minimum absolute atomic E-state index is 0.112. The largest absolute Gasteiger partial charge is 0.493 e. The summed E-state index contributed by atoms with van der Waals surface area (Å²) in [5.74, 6) is 1.02. The summed E-state index contributed by atoms with van der Waals surface area (Å²) in [5.41, 5.74) is 2.90. The molecule has 5 rings (SSSR count). The zero-order valence-corrected chi connectivity index (χ0v) is 15.4. The molecule has 3 heterocycles.